The lowest BCUT2D eigenvalue weighted by atomic mass is 10.1. The lowest BCUT2D eigenvalue weighted by Crippen LogP contribution is -2.55. The van der Waals surface area contributed by atoms with Crippen molar-refractivity contribution in [1.82, 2.24) is 0 Å². The highest BCUT2D eigenvalue weighted by molar-refractivity contribution is 7.04. The Labute approximate surface area is 154 Å². The second-order valence-corrected chi connectivity index (χ2v) is 17.6. The standard InChI is InChI=1S/C22H25NSi2/c1-6-19-7-9-20(10-8-19)11-12-21-13-15-22(16-14-21)23-24(2,3)17-18-25(23,4)5/h1,7-10,13-16H,17-18H2,2-5H3. The van der Waals surface area contributed by atoms with Gasteiger partial charge in [0, 0.05) is 22.4 Å². The third-order valence-electron chi connectivity index (χ3n) is 5.09. The summed E-state index contributed by atoms with van der Waals surface area (Å²) in [6, 6.07) is 19.5. The van der Waals surface area contributed by atoms with Crippen molar-refractivity contribution >= 4 is 22.2 Å². The van der Waals surface area contributed by atoms with Crippen molar-refractivity contribution in [2.24, 2.45) is 0 Å². The quantitative estimate of drug-likeness (QED) is 0.493. The molecule has 126 valence electrons. The first-order chi connectivity index (χ1) is 11.8. The van der Waals surface area contributed by atoms with Crippen LogP contribution in [-0.2, 0) is 0 Å². The number of rotatable bonds is 1. The number of benzene rings is 2. The smallest absolute Gasteiger partial charge is 0.141 e. The highest BCUT2D eigenvalue weighted by Crippen LogP contribution is 2.40. The van der Waals surface area contributed by atoms with Crippen LogP contribution in [0.1, 0.15) is 16.7 Å². The average molecular weight is 360 g/mol. The highest BCUT2D eigenvalue weighted by atomic mass is 28.4. The van der Waals surface area contributed by atoms with Gasteiger partial charge < -0.3 is 4.23 Å². The maximum Gasteiger partial charge on any atom is 0.141 e. The molecule has 2 aromatic rings. The fourth-order valence-electron chi connectivity index (χ4n) is 3.84. The zero-order valence-corrected chi connectivity index (χ0v) is 17.6. The normalized spacial score (nSPS) is 17.5. The number of terminal acetylenes is 1. The molecule has 1 heterocycles. The van der Waals surface area contributed by atoms with Gasteiger partial charge in [0.1, 0.15) is 16.5 Å². The molecular formula is C22H25NSi2. The maximum atomic E-state index is 5.38. The highest BCUT2D eigenvalue weighted by Gasteiger charge is 2.47. The zero-order chi connectivity index (χ0) is 18.1. The first kappa shape index (κ1) is 17.6. The van der Waals surface area contributed by atoms with E-state index in [1.807, 2.05) is 24.3 Å². The van der Waals surface area contributed by atoms with E-state index in [9.17, 15) is 0 Å². The minimum absolute atomic E-state index is 0.888. The van der Waals surface area contributed by atoms with Gasteiger partial charge in [-0.05, 0) is 60.6 Å². The molecule has 1 nitrogen and oxygen atoms in total. The molecule has 0 N–H and O–H groups in total. The third-order valence-corrected chi connectivity index (χ3v) is 15.1. The Bertz CT molecular complexity index is 843. The van der Waals surface area contributed by atoms with Gasteiger partial charge in [-0.3, -0.25) is 0 Å². The van der Waals surface area contributed by atoms with Gasteiger partial charge in [-0.15, -0.1) is 6.42 Å². The van der Waals surface area contributed by atoms with Crippen LogP contribution in [0.15, 0.2) is 48.5 Å². The molecule has 0 unspecified atom stereocenters. The molecule has 0 saturated carbocycles. The molecule has 0 amide bonds. The van der Waals surface area contributed by atoms with E-state index in [0.29, 0.717) is 0 Å². The molecule has 25 heavy (non-hydrogen) atoms. The van der Waals surface area contributed by atoms with Crippen molar-refractivity contribution in [3.8, 4) is 24.2 Å². The summed E-state index contributed by atoms with van der Waals surface area (Å²) >= 11 is 0. The van der Waals surface area contributed by atoms with E-state index in [1.165, 1.54) is 17.8 Å². The minimum atomic E-state index is -1.30. The average Bonchev–Trinajstić information content (AvgIpc) is 2.82. The molecule has 1 aliphatic heterocycles. The summed E-state index contributed by atoms with van der Waals surface area (Å²) in [7, 11) is -2.60. The van der Waals surface area contributed by atoms with E-state index in [0.717, 1.165) is 16.7 Å². The summed E-state index contributed by atoms with van der Waals surface area (Å²) in [5.41, 5.74) is 4.33. The van der Waals surface area contributed by atoms with Gasteiger partial charge in [0.25, 0.3) is 0 Å². The lowest BCUT2D eigenvalue weighted by Gasteiger charge is -2.41. The molecule has 0 spiro atoms. The Morgan fingerprint density at radius 1 is 0.720 bits per heavy atom. The zero-order valence-electron chi connectivity index (χ0n) is 15.6. The molecule has 3 rings (SSSR count). The largest absolute Gasteiger partial charge is 0.424 e. The monoisotopic (exact) mass is 359 g/mol. The van der Waals surface area contributed by atoms with Crippen LogP contribution < -0.4 is 4.23 Å². The maximum absolute atomic E-state index is 5.38. The molecule has 1 aliphatic rings. The Kier molecular flexibility index (Phi) is 4.65. The number of anilines is 1. The van der Waals surface area contributed by atoms with Crippen molar-refractivity contribution < 1.29 is 0 Å². The second kappa shape index (κ2) is 6.60. The fourth-order valence-corrected chi connectivity index (χ4v) is 18.1. The van der Waals surface area contributed by atoms with Crippen LogP contribution >= 0.6 is 0 Å². The first-order valence-corrected chi connectivity index (χ1v) is 15.1. The summed E-state index contributed by atoms with van der Waals surface area (Å²) in [6.07, 6.45) is 5.38. The van der Waals surface area contributed by atoms with Crippen LogP contribution in [0, 0.1) is 24.2 Å². The molecule has 0 radical (unpaired) electrons. The van der Waals surface area contributed by atoms with Crippen LogP contribution in [0.2, 0.25) is 38.3 Å². The van der Waals surface area contributed by atoms with Crippen molar-refractivity contribution in [1.29, 1.82) is 0 Å². The van der Waals surface area contributed by atoms with E-state index < -0.39 is 16.5 Å². The van der Waals surface area contributed by atoms with Gasteiger partial charge in [-0.1, -0.05) is 43.9 Å². The summed E-state index contributed by atoms with van der Waals surface area (Å²) in [5.74, 6) is 9.11. The number of hydrogen-bond acceptors (Lipinski definition) is 1. The molecule has 0 aromatic heterocycles. The van der Waals surface area contributed by atoms with E-state index in [2.05, 4.69) is 72.4 Å². The Hall–Kier alpha value is -2.21. The molecule has 1 fully saturated rings. The Balaban J connectivity index is 1.81. The molecule has 1 saturated heterocycles. The summed E-state index contributed by atoms with van der Waals surface area (Å²) in [4.78, 5) is 0. The number of nitrogens with zero attached hydrogens (tertiary/aromatic N) is 1. The van der Waals surface area contributed by atoms with Gasteiger partial charge in [-0.25, -0.2) is 0 Å². The minimum Gasteiger partial charge on any atom is -0.424 e. The van der Waals surface area contributed by atoms with Crippen molar-refractivity contribution in [3.05, 3.63) is 65.2 Å². The fraction of sp³-hybridized carbons (Fsp3) is 0.273. The summed E-state index contributed by atoms with van der Waals surface area (Å²) < 4.78 is 2.83. The van der Waals surface area contributed by atoms with E-state index >= 15 is 0 Å². The van der Waals surface area contributed by atoms with E-state index in [4.69, 9.17) is 6.42 Å². The van der Waals surface area contributed by atoms with Gasteiger partial charge >= 0.3 is 0 Å². The predicted octanol–water partition coefficient (Wildman–Crippen LogP) is 5.30. The first-order valence-electron chi connectivity index (χ1n) is 8.81. The van der Waals surface area contributed by atoms with Crippen LogP contribution in [0.25, 0.3) is 0 Å². The van der Waals surface area contributed by atoms with Gasteiger partial charge in [0.05, 0.1) is 0 Å². The molecule has 0 aliphatic carbocycles. The van der Waals surface area contributed by atoms with Gasteiger partial charge in [-0.2, -0.15) is 0 Å². The second-order valence-electron chi connectivity index (χ2n) is 7.98. The van der Waals surface area contributed by atoms with Crippen LogP contribution in [0.3, 0.4) is 0 Å². The SMILES string of the molecule is C#Cc1ccc(C#Cc2ccc(N3[Si](C)(C)CC[Si]3(C)C)cc2)cc1. The lowest BCUT2D eigenvalue weighted by molar-refractivity contribution is 1.35. The predicted molar refractivity (Wildman–Crippen MR) is 114 cm³/mol. The summed E-state index contributed by atoms with van der Waals surface area (Å²) in [5, 5.41) is 0. The van der Waals surface area contributed by atoms with Crippen molar-refractivity contribution in [2.75, 3.05) is 4.23 Å². The van der Waals surface area contributed by atoms with Crippen molar-refractivity contribution in [3.63, 3.8) is 0 Å². The molecule has 0 bridgehead atoms. The van der Waals surface area contributed by atoms with Crippen LogP contribution in [0.4, 0.5) is 5.69 Å². The number of hydrogen-bond donors (Lipinski definition) is 0. The topological polar surface area (TPSA) is 3.24 Å². The van der Waals surface area contributed by atoms with Gasteiger partial charge in [0.2, 0.25) is 0 Å². The van der Waals surface area contributed by atoms with Crippen LogP contribution in [0.5, 0.6) is 0 Å². The molecule has 0 atom stereocenters. The molecule has 3 heteroatoms. The van der Waals surface area contributed by atoms with Crippen LogP contribution in [-0.4, -0.2) is 16.5 Å². The van der Waals surface area contributed by atoms with Crippen molar-refractivity contribution in [2.45, 2.75) is 38.3 Å². The summed E-state index contributed by atoms with van der Waals surface area (Å²) in [6.45, 7) is 10.0. The van der Waals surface area contributed by atoms with E-state index in [-0.39, 0.29) is 0 Å². The molecular weight excluding hydrogens is 334 g/mol. The Morgan fingerprint density at radius 2 is 1.12 bits per heavy atom. The van der Waals surface area contributed by atoms with E-state index in [1.54, 1.807) is 0 Å². The third kappa shape index (κ3) is 3.74. The molecule has 2 aromatic carbocycles. The Morgan fingerprint density at radius 3 is 1.56 bits per heavy atom. The van der Waals surface area contributed by atoms with Gasteiger partial charge in [0.15, 0.2) is 0 Å².